The number of hydrogen-bond acceptors (Lipinski definition) is 3. The Morgan fingerprint density at radius 3 is 2.57 bits per heavy atom. The molecule has 0 bridgehead atoms. The minimum absolute atomic E-state index is 0.0794. The summed E-state index contributed by atoms with van der Waals surface area (Å²) in [7, 11) is 3.21. The quantitative estimate of drug-likeness (QED) is 0.888. The van der Waals surface area contributed by atoms with E-state index in [2.05, 4.69) is 0 Å². The van der Waals surface area contributed by atoms with Crippen molar-refractivity contribution in [3.05, 3.63) is 59.4 Å². The second-order valence-corrected chi connectivity index (χ2v) is 4.87. The van der Waals surface area contributed by atoms with Gasteiger partial charge in [-0.05, 0) is 54.4 Å². The summed E-state index contributed by atoms with van der Waals surface area (Å²) in [5.41, 5.74) is 7.79. The zero-order chi connectivity index (χ0) is 15.2. The van der Waals surface area contributed by atoms with Gasteiger partial charge in [0, 0.05) is 5.92 Å². The van der Waals surface area contributed by atoms with E-state index in [1.165, 1.54) is 12.1 Å². The fraction of sp³-hybridized carbons (Fsp3) is 0.294. The average molecular weight is 289 g/mol. The van der Waals surface area contributed by atoms with Gasteiger partial charge in [0.05, 0.1) is 14.2 Å². The molecule has 0 saturated carbocycles. The topological polar surface area (TPSA) is 44.5 Å². The van der Waals surface area contributed by atoms with Crippen molar-refractivity contribution in [1.82, 2.24) is 0 Å². The van der Waals surface area contributed by atoms with Crippen LogP contribution in [0.25, 0.3) is 0 Å². The molecule has 1 unspecified atom stereocenters. The van der Waals surface area contributed by atoms with E-state index in [1.807, 2.05) is 24.3 Å². The number of nitrogens with two attached hydrogens (primary N) is 1. The summed E-state index contributed by atoms with van der Waals surface area (Å²) < 4.78 is 24.0. The highest BCUT2D eigenvalue weighted by molar-refractivity contribution is 5.37. The SMILES string of the molecule is COc1cccc(C(CN)Cc2cc(F)ccc2OC)c1. The standard InChI is InChI=1S/C17H20FNO2/c1-20-16-5-3-4-12(10-16)14(11-19)8-13-9-15(18)6-7-17(13)21-2/h3-7,9-10,14H,8,11,19H2,1-2H3. The summed E-state index contributed by atoms with van der Waals surface area (Å²) in [6, 6.07) is 12.3. The van der Waals surface area contributed by atoms with E-state index in [0.29, 0.717) is 18.7 Å². The molecular formula is C17H20FNO2. The van der Waals surface area contributed by atoms with Crippen LogP contribution in [0.1, 0.15) is 17.0 Å². The van der Waals surface area contributed by atoms with Gasteiger partial charge in [-0.25, -0.2) is 4.39 Å². The molecule has 3 nitrogen and oxygen atoms in total. The summed E-state index contributed by atoms with van der Waals surface area (Å²) in [5.74, 6) is 1.28. The maximum absolute atomic E-state index is 13.5. The first-order valence-corrected chi connectivity index (χ1v) is 6.84. The second-order valence-electron chi connectivity index (χ2n) is 4.87. The molecule has 2 aromatic rings. The van der Waals surface area contributed by atoms with Gasteiger partial charge in [0.1, 0.15) is 17.3 Å². The van der Waals surface area contributed by atoms with Crippen LogP contribution < -0.4 is 15.2 Å². The van der Waals surface area contributed by atoms with Gasteiger partial charge in [0.15, 0.2) is 0 Å². The average Bonchev–Trinajstić information content (AvgIpc) is 2.52. The Balaban J connectivity index is 2.28. The minimum Gasteiger partial charge on any atom is -0.497 e. The fourth-order valence-electron chi connectivity index (χ4n) is 2.40. The number of benzene rings is 2. The third-order valence-corrected chi connectivity index (χ3v) is 3.56. The van der Waals surface area contributed by atoms with Gasteiger partial charge in [0.2, 0.25) is 0 Å². The van der Waals surface area contributed by atoms with E-state index in [0.717, 1.165) is 16.9 Å². The molecule has 112 valence electrons. The second kappa shape index (κ2) is 7.09. The zero-order valence-electron chi connectivity index (χ0n) is 12.3. The van der Waals surface area contributed by atoms with Gasteiger partial charge in [-0.15, -0.1) is 0 Å². The summed E-state index contributed by atoms with van der Waals surface area (Å²) in [6.45, 7) is 0.465. The number of hydrogen-bond donors (Lipinski definition) is 1. The van der Waals surface area contributed by atoms with Crippen molar-refractivity contribution in [3.63, 3.8) is 0 Å². The first-order valence-electron chi connectivity index (χ1n) is 6.84. The van der Waals surface area contributed by atoms with Gasteiger partial charge in [0.25, 0.3) is 0 Å². The Hall–Kier alpha value is -2.07. The number of rotatable bonds is 6. The lowest BCUT2D eigenvalue weighted by atomic mass is 9.91. The smallest absolute Gasteiger partial charge is 0.123 e. The maximum Gasteiger partial charge on any atom is 0.123 e. The zero-order valence-corrected chi connectivity index (χ0v) is 12.3. The first kappa shape index (κ1) is 15.3. The Kier molecular flexibility index (Phi) is 5.17. The van der Waals surface area contributed by atoms with Gasteiger partial charge >= 0.3 is 0 Å². The lowest BCUT2D eigenvalue weighted by molar-refractivity contribution is 0.406. The molecule has 1 atom stereocenters. The van der Waals surface area contributed by atoms with Crippen LogP contribution in [0.15, 0.2) is 42.5 Å². The third kappa shape index (κ3) is 3.73. The molecule has 0 aliphatic carbocycles. The van der Waals surface area contributed by atoms with E-state index in [9.17, 15) is 4.39 Å². The molecule has 0 aliphatic heterocycles. The van der Waals surface area contributed by atoms with E-state index in [-0.39, 0.29) is 11.7 Å². The Morgan fingerprint density at radius 2 is 1.90 bits per heavy atom. The maximum atomic E-state index is 13.5. The normalized spacial score (nSPS) is 12.0. The van der Waals surface area contributed by atoms with Gasteiger partial charge in [-0.1, -0.05) is 12.1 Å². The highest BCUT2D eigenvalue weighted by Crippen LogP contribution is 2.28. The van der Waals surface area contributed by atoms with Crippen LogP contribution in [0.5, 0.6) is 11.5 Å². The molecule has 4 heteroatoms. The van der Waals surface area contributed by atoms with Crippen LogP contribution >= 0.6 is 0 Å². The Labute approximate surface area is 124 Å². The molecule has 0 fully saturated rings. The number of methoxy groups -OCH3 is 2. The fourth-order valence-corrected chi connectivity index (χ4v) is 2.40. The van der Waals surface area contributed by atoms with Crippen molar-refractivity contribution < 1.29 is 13.9 Å². The van der Waals surface area contributed by atoms with Crippen molar-refractivity contribution >= 4 is 0 Å². The highest BCUT2D eigenvalue weighted by atomic mass is 19.1. The highest BCUT2D eigenvalue weighted by Gasteiger charge is 2.15. The van der Waals surface area contributed by atoms with Gasteiger partial charge in [-0.3, -0.25) is 0 Å². The number of ether oxygens (including phenoxy) is 2. The van der Waals surface area contributed by atoms with Crippen molar-refractivity contribution in [3.8, 4) is 11.5 Å². The van der Waals surface area contributed by atoms with Crippen molar-refractivity contribution in [2.24, 2.45) is 5.73 Å². The summed E-state index contributed by atoms with van der Waals surface area (Å²) in [4.78, 5) is 0. The minimum atomic E-state index is -0.271. The van der Waals surface area contributed by atoms with Crippen molar-refractivity contribution in [2.45, 2.75) is 12.3 Å². The van der Waals surface area contributed by atoms with Crippen LogP contribution in [0, 0.1) is 5.82 Å². The predicted octanol–water partition coefficient (Wildman–Crippen LogP) is 3.13. The van der Waals surface area contributed by atoms with Crippen LogP contribution in [0.4, 0.5) is 4.39 Å². The van der Waals surface area contributed by atoms with Crippen LogP contribution in [0.2, 0.25) is 0 Å². The molecule has 0 heterocycles. The molecule has 0 spiro atoms. The molecule has 2 aromatic carbocycles. The predicted molar refractivity (Wildman–Crippen MR) is 81.4 cm³/mol. The van der Waals surface area contributed by atoms with Crippen molar-refractivity contribution in [2.75, 3.05) is 20.8 Å². The molecular weight excluding hydrogens is 269 g/mol. The van der Waals surface area contributed by atoms with E-state index >= 15 is 0 Å². The monoisotopic (exact) mass is 289 g/mol. The van der Waals surface area contributed by atoms with E-state index in [4.69, 9.17) is 15.2 Å². The molecule has 0 aliphatic rings. The summed E-state index contributed by atoms with van der Waals surface area (Å²) in [5, 5.41) is 0. The Morgan fingerprint density at radius 1 is 1.10 bits per heavy atom. The van der Waals surface area contributed by atoms with Crippen LogP contribution in [-0.2, 0) is 6.42 Å². The molecule has 21 heavy (non-hydrogen) atoms. The largest absolute Gasteiger partial charge is 0.497 e. The third-order valence-electron chi connectivity index (χ3n) is 3.56. The van der Waals surface area contributed by atoms with E-state index in [1.54, 1.807) is 20.3 Å². The van der Waals surface area contributed by atoms with Crippen LogP contribution in [0.3, 0.4) is 0 Å². The van der Waals surface area contributed by atoms with Crippen molar-refractivity contribution in [1.29, 1.82) is 0 Å². The molecule has 0 amide bonds. The molecule has 2 rings (SSSR count). The first-order chi connectivity index (χ1) is 10.2. The van der Waals surface area contributed by atoms with Gasteiger partial charge < -0.3 is 15.2 Å². The molecule has 2 N–H and O–H groups in total. The summed E-state index contributed by atoms with van der Waals surface area (Å²) >= 11 is 0. The van der Waals surface area contributed by atoms with Gasteiger partial charge in [-0.2, -0.15) is 0 Å². The molecule has 0 aromatic heterocycles. The van der Waals surface area contributed by atoms with Crippen LogP contribution in [-0.4, -0.2) is 20.8 Å². The lowest BCUT2D eigenvalue weighted by Gasteiger charge is -2.18. The lowest BCUT2D eigenvalue weighted by Crippen LogP contribution is -2.15. The number of halogens is 1. The molecule has 0 radical (unpaired) electrons. The summed E-state index contributed by atoms with van der Waals surface area (Å²) in [6.07, 6.45) is 0.616. The molecule has 0 saturated heterocycles. The Bertz CT molecular complexity index is 601. The van der Waals surface area contributed by atoms with E-state index < -0.39 is 0 Å².